The lowest BCUT2D eigenvalue weighted by atomic mass is 10.2. The molecule has 3 heterocycles. The number of nitrogens with zero attached hydrogens (tertiary/aromatic N) is 4. The quantitative estimate of drug-likeness (QED) is 0.835. The van der Waals surface area contributed by atoms with Crippen LogP contribution in [0.4, 0.5) is 0 Å². The van der Waals surface area contributed by atoms with Gasteiger partial charge >= 0.3 is 0 Å². The van der Waals surface area contributed by atoms with Crippen molar-refractivity contribution in [1.29, 1.82) is 0 Å². The van der Waals surface area contributed by atoms with Crippen molar-refractivity contribution in [1.82, 2.24) is 25.1 Å². The van der Waals surface area contributed by atoms with Gasteiger partial charge in [-0.05, 0) is 0 Å². The highest BCUT2D eigenvalue weighted by molar-refractivity contribution is 7.91. The highest BCUT2D eigenvalue weighted by Gasteiger charge is 2.25. The first-order chi connectivity index (χ1) is 9.07. The number of hydrogen-bond donors (Lipinski definition) is 1. The fourth-order valence-corrected chi connectivity index (χ4v) is 4.59. The van der Waals surface area contributed by atoms with Crippen molar-refractivity contribution in [3.05, 3.63) is 10.8 Å². The summed E-state index contributed by atoms with van der Waals surface area (Å²) in [6.07, 6.45) is 1.40. The second-order valence-electron chi connectivity index (χ2n) is 4.63. The van der Waals surface area contributed by atoms with E-state index < -0.39 is 9.84 Å². The first-order valence-corrected chi connectivity index (χ1v) is 8.85. The zero-order valence-corrected chi connectivity index (χ0v) is 12.2. The maximum absolute atomic E-state index is 11.6. The van der Waals surface area contributed by atoms with E-state index in [-0.39, 0.29) is 17.5 Å². The van der Waals surface area contributed by atoms with Crippen LogP contribution in [-0.2, 0) is 22.7 Å². The number of aryl methyl sites for hydroxylation is 1. The molecule has 0 bridgehead atoms. The third kappa shape index (κ3) is 2.63. The summed E-state index contributed by atoms with van der Waals surface area (Å²) in [5.41, 5.74) is 0. The summed E-state index contributed by atoms with van der Waals surface area (Å²) in [4.78, 5) is 0.769. The van der Waals surface area contributed by atoms with Gasteiger partial charge in [-0.2, -0.15) is 9.61 Å². The third-order valence-electron chi connectivity index (χ3n) is 3.14. The smallest absolute Gasteiger partial charge is 0.234 e. The van der Waals surface area contributed by atoms with E-state index in [1.165, 1.54) is 11.3 Å². The highest BCUT2D eigenvalue weighted by Crippen LogP contribution is 2.17. The molecule has 0 amide bonds. The standard InChI is InChI=1S/C10H15N5O2S2/c1-2-8-12-13-10-15(8)14-9(18-10)5-7-6-19(16,17)4-3-11-7/h7,11H,2-6H2,1H3. The summed E-state index contributed by atoms with van der Waals surface area (Å²) in [5, 5.41) is 16.7. The van der Waals surface area contributed by atoms with Crippen LogP contribution < -0.4 is 5.32 Å². The molecule has 0 aliphatic carbocycles. The lowest BCUT2D eigenvalue weighted by Gasteiger charge is -2.22. The SMILES string of the molecule is CCc1nnc2sc(CC3CS(=O)(=O)CCN3)nn12. The van der Waals surface area contributed by atoms with E-state index in [1.54, 1.807) is 4.52 Å². The second-order valence-corrected chi connectivity index (χ2v) is 7.90. The number of rotatable bonds is 3. The fourth-order valence-electron chi connectivity index (χ4n) is 2.21. The summed E-state index contributed by atoms with van der Waals surface area (Å²) in [5.74, 6) is 1.25. The van der Waals surface area contributed by atoms with E-state index in [0.29, 0.717) is 13.0 Å². The minimum atomic E-state index is -2.90. The van der Waals surface area contributed by atoms with E-state index in [0.717, 1.165) is 22.2 Å². The fraction of sp³-hybridized carbons (Fsp3) is 0.700. The molecule has 0 saturated carbocycles. The van der Waals surface area contributed by atoms with Crippen LogP contribution in [0.1, 0.15) is 17.8 Å². The van der Waals surface area contributed by atoms with Gasteiger partial charge in [-0.15, -0.1) is 10.2 Å². The van der Waals surface area contributed by atoms with Crippen molar-refractivity contribution in [2.45, 2.75) is 25.8 Å². The third-order valence-corrected chi connectivity index (χ3v) is 5.79. The Hall–Kier alpha value is -1.06. The molecule has 0 aromatic carbocycles. The van der Waals surface area contributed by atoms with Crippen molar-refractivity contribution >= 4 is 26.1 Å². The molecule has 7 nitrogen and oxygen atoms in total. The summed E-state index contributed by atoms with van der Waals surface area (Å²) in [6.45, 7) is 2.53. The average Bonchev–Trinajstić information content (AvgIpc) is 2.86. The molecule has 9 heteroatoms. The summed E-state index contributed by atoms with van der Waals surface area (Å²) < 4.78 is 24.9. The van der Waals surface area contributed by atoms with Crippen LogP contribution in [0.2, 0.25) is 0 Å². The summed E-state index contributed by atoms with van der Waals surface area (Å²) in [7, 11) is -2.90. The first kappa shape index (κ1) is 12.9. The lowest BCUT2D eigenvalue weighted by molar-refractivity contribution is 0.513. The molecule has 1 aliphatic rings. The van der Waals surface area contributed by atoms with Crippen molar-refractivity contribution in [2.24, 2.45) is 0 Å². The molecule has 1 unspecified atom stereocenters. The Balaban J connectivity index is 1.79. The number of aromatic nitrogens is 4. The first-order valence-electron chi connectivity index (χ1n) is 6.21. The normalized spacial score (nSPS) is 22.9. The van der Waals surface area contributed by atoms with E-state index >= 15 is 0 Å². The minimum absolute atomic E-state index is 0.0485. The molecule has 2 aromatic heterocycles. The van der Waals surface area contributed by atoms with Gasteiger partial charge in [0.2, 0.25) is 4.96 Å². The topological polar surface area (TPSA) is 89.2 Å². The van der Waals surface area contributed by atoms with Gasteiger partial charge < -0.3 is 5.32 Å². The van der Waals surface area contributed by atoms with Crippen LogP contribution in [0.15, 0.2) is 0 Å². The minimum Gasteiger partial charge on any atom is -0.312 e. The Kier molecular flexibility index (Phi) is 3.27. The molecule has 0 radical (unpaired) electrons. The van der Waals surface area contributed by atoms with E-state index in [1.807, 2.05) is 6.92 Å². The Morgan fingerprint density at radius 1 is 1.47 bits per heavy atom. The largest absolute Gasteiger partial charge is 0.312 e. The predicted octanol–water partition coefficient (Wildman–Crippen LogP) is -0.323. The van der Waals surface area contributed by atoms with Crippen LogP contribution in [-0.4, -0.2) is 52.3 Å². The molecule has 1 N–H and O–H groups in total. The monoisotopic (exact) mass is 301 g/mol. The van der Waals surface area contributed by atoms with Gasteiger partial charge in [0.15, 0.2) is 15.7 Å². The van der Waals surface area contributed by atoms with Gasteiger partial charge in [-0.1, -0.05) is 18.3 Å². The van der Waals surface area contributed by atoms with E-state index in [9.17, 15) is 8.42 Å². The molecule has 3 rings (SSSR count). The molecule has 1 aliphatic heterocycles. The molecule has 104 valence electrons. The van der Waals surface area contributed by atoms with Crippen LogP contribution in [0.3, 0.4) is 0 Å². The van der Waals surface area contributed by atoms with Gasteiger partial charge in [-0.25, -0.2) is 8.42 Å². The average molecular weight is 301 g/mol. The molecule has 2 aromatic rings. The molecule has 0 spiro atoms. The van der Waals surface area contributed by atoms with Crippen molar-refractivity contribution < 1.29 is 8.42 Å². The molecule has 1 fully saturated rings. The highest BCUT2D eigenvalue weighted by atomic mass is 32.2. The van der Waals surface area contributed by atoms with Gasteiger partial charge in [0.25, 0.3) is 0 Å². The summed E-state index contributed by atoms with van der Waals surface area (Å²) in [6, 6.07) is -0.0485. The van der Waals surface area contributed by atoms with Crippen molar-refractivity contribution in [3.63, 3.8) is 0 Å². The second kappa shape index (κ2) is 4.80. The number of sulfone groups is 1. The van der Waals surface area contributed by atoms with Crippen LogP contribution in [0, 0.1) is 0 Å². The molecule has 1 saturated heterocycles. The van der Waals surface area contributed by atoms with Crippen molar-refractivity contribution in [2.75, 3.05) is 18.1 Å². The van der Waals surface area contributed by atoms with Crippen LogP contribution in [0.5, 0.6) is 0 Å². The maximum Gasteiger partial charge on any atom is 0.234 e. The van der Waals surface area contributed by atoms with Gasteiger partial charge in [0.05, 0.1) is 11.5 Å². The van der Waals surface area contributed by atoms with Crippen LogP contribution >= 0.6 is 11.3 Å². The lowest BCUT2D eigenvalue weighted by Crippen LogP contribution is -2.46. The van der Waals surface area contributed by atoms with Gasteiger partial charge in [-0.3, -0.25) is 0 Å². The van der Waals surface area contributed by atoms with Gasteiger partial charge in [0, 0.05) is 25.4 Å². The van der Waals surface area contributed by atoms with Crippen molar-refractivity contribution in [3.8, 4) is 0 Å². The van der Waals surface area contributed by atoms with E-state index in [2.05, 4.69) is 20.6 Å². The van der Waals surface area contributed by atoms with Crippen LogP contribution in [0.25, 0.3) is 4.96 Å². The number of nitrogens with one attached hydrogen (secondary N) is 1. The predicted molar refractivity (Wildman–Crippen MR) is 72.2 cm³/mol. The molecule has 19 heavy (non-hydrogen) atoms. The molecular weight excluding hydrogens is 286 g/mol. The zero-order chi connectivity index (χ0) is 13.5. The van der Waals surface area contributed by atoms with Gasteiger partial charge in [0.1, 0.15) is 5.01 Å². The molecular formula is C10H15N5O2S2. The Labute approximate surface area is 115 Å². The number of hydrogen-bond acceptors (Lipinski definition) is 7. The Bertz CT molecular complexity index is 690. The maximum atomic E-state index is 11.6. The van der Waals surface area contributed by atoms with E-state index in [4.69, 9.17) is 0 Å². The summed E-state index contributed by atoms with van der Waals surface area (Å²) >= 11 is 1.47. The Morgan fingerprint density at radius 3 is 3.05 bits per heavy atom. The molecule has 1 atom stereocenters. The Morgan fingerprint density at radius 2 is 2.32 bits per heavy atom. The zero-order valence-electron chi connectivity index (χ0n) is 10.5. The number of fused-ring (bicyclic) bond motifs is 1.